The van der Waals surface area contributed by atoms with Gasteiger partial charge in [0, 0.05) is 17.5 Å². The fourth-order valence-electron chi connectivity index (χ4n) is 7.82. The minimum Gasteiger partial charge on any atom is -0.456 e. The maximum absolute atomic E-state index is 13.7. The molecule has 9 nitrogen and oxygen atoms in total. The minimum atomic E-state index is -4.87. The monoisotopic (exact) mass is 560 g/mol. The first kappa shape index (κ1) is 26.7. The summed E-state index contributed by atoms with van der Waals surface area (Å²) in [5.41, 5.74) is -8.11. The summed E-state index contributed by atoms with van der Waals surface area (Å²) in [4.78, 5) is 57.2. The summed E-state index contributed by atoms with van der Waals surface area (Å²) in [6, 6.07) is 2.69. The summed E-state index contributed by atoms with van der Waals surface area (Å²) in [7, 11) is 0. The minimum absolute atomic E-state index is 0.0649. The summed E-state index contributed by atoms with van der Waals surface area (Å²) in [5.74, 6) is -4.85. The molecule has 0 radical (unpaired) electrons. The molecule has 1 aliphatic carbocycles. The van der Waals surface area contributed by atoms with Crippen LogP contribution < -0.4 is 4.90 Å². The molecule has 1 saturated carbocycles. The van der Waals surface area contributed by atoms with E-state index < -0.39 is 86.8 Å². The molecule has 5 fully saturated rings. The lowest BCUT2D eigenvalue weighted by Crippen LogP contribution is -2.55. The number of imide groups is 1. The number of carbonyl (C=O) groups is 4. The number of rotatable bonds is 3. The molecule has 0 N–H and O–H groups in total. The average Bonchev–Trinajstić information content (AvgIpc) is 3.49. The maximum Gasteiger partial charge on any atom is 0.407 e. The Morgan fingerprint density at radius 1 is 1.07 bits per heavy atom. The smallest absolute Gasteiger partial charge is 0.407 e. The third kappa shape index (κ3) is 2.86. The molecule has 212 valence electrons. The molecular weight excluding hydrogens is 533 g/mol. The van der Waals surface area contributed by atoms with Crippen molar-refractivity contribution in [1.82, 2.24) is 0 Å². The van der Waals surface area contributed by atoms with Crippen LogP contribution in [0.25, 0.3) is 4.85 Å². The van der Waals surface area contributed by atoms with E-state index in [0.717, 1.165) is 12.1 Å². The van der Waals surface area contributed by atoms with Crippen molar-refractivity contribution in [2.45, 2.75) is 83.0 Å². The number of amides is 2. The van der Waals surface area contributed by atoms with Crippen molar-refractivity contribution < 1.29 is 46.6 Å². The third-order valence-electron chi connectivity index (χ3n) is 10.6. The highest BCUT2D eigenvalue weighted by Gasteiger charge is 2.79. The number of anilines is 1. The molecule has 0 spiro atoms. The number of carbonyl (C=O) groups excluding carboxylic acids is 4. The van der Waals surface area contributed by atoms with Crippen molar-refractivity contribution >= 4 is 35.1 Å². The van der Waals surface area contributed by atoms with E-state index in [1.54, 1.807) is 34.6 Å². The molecular formula is C28H27F3N2O7. The van der Waals surface area contributed by atoms with Crippen LogP contribution >= 0.6 is 0 Å². The van der Waals surface area contributed by atoms with E-state index in [2.05, 4.69) is 4.85 Å². The zero-order valence-electron chi connectivity index (χ0n) is 22.5. The number of esters is 2. The van der Waals surface area contributed by atoms with Crippen molar-refractivity contribution in [3.63, 3.8) is 0 Å². The Labute approximate surface area is 227 Å². The molecule has 4 aliphatic heterocycles. The topological polar surface area (TPSA) is 104 Å². The van der Waals surface area contributed by atoms with Crippen molar-refractivity contribution in [3.8, 4) is 0 Å². The lowest BCUT2D eigenvalue weighted by Gasteiger charge is -2.39. The van der Waals surface area contributed by atoms with Crippen LogP contribution in [-0.4, -0.2) is 46.7 Å². The van der Waals surface area contributed by atoms with Crippen LogP contribution in [0.3, 0.4) is 0 Å². The molecule has 5 aliphatic rings. The molecule has 12 heteroatoms. The van der Waals surface area contributed by atoms with Crippen LogP contribution in [0.4, 0.5) is 24.5 Å². The largest absolute Gasteiger partial charge is 0.456 e. The zero-order valence-corrected chi connectivity index (χ0v) is 22.5. The van der Waals surface area contributed by atoms with E-state index in [4.69, 9.17) is 20.8 Å². The van der Waals surface area contributed by atoms with Gasteiger partial charge in [-0.2, -0.15) is 13.2 Å². The Balaban J connectivity index is 1.32. The van der Waals surface area contributed by atoms with Gasteiger partial charge in [0.05, 0.1) is 35.0 Å². The van der Waals surface area contributed by atoms with Gasteiger partial charge in [0.1, 0.15) is 11.7 Å². The van der Waals surface area contributed by atoms with E-state index in [1.807, 2.05) is 0 Å². The molecule has 4 saturated heterocycles. The SMILES string of the molecule is [C-]#[N+]c1ccc(N2C(=O)[C@@H]3[C@H](C2=O)C2(C)C[C@H](OC(=O)C45CCC(C)(C(=O)O4)C5(C)C)C3(C)O2)cc1C(F)(F)F. The normalized spacial score (nSPS) is 40.8. The molecule has 0 aromatic heterocycles. The van der Waals surface area contributed by atoms with Crippen LogP contribution in [0.15, 0.2) is 18.2 Å². The van der Waals surface area contributed by atoms with Crippen molar-refractivity contribution in [3.05, 3.63) is 35.2 Å². The Bertz CT molecular complexity index is 1470. The number of hydrogen-bond donors (Lipinski definition) is 0. The van der Waals surface area contributed by atoms with Gasteiger partial charge in [0.15, 0.2) is 5.69 Å². The predicted molar refractivity (Wildman–Crippen MR) is 130 cm³/mol. The highest BCUT2D eigenvalue weighted by atomic mass is 19.4. The van der Waals surface area contributed by atoms with E-state index in [1.165, 1.54) is 0 Å². The highest BCUT2D eigenvalue weighted by Crippen LogP contribution is 2.67. The lowest BCUT2D eigenvalue weighted by atomic mass is 9.66. The van der Waals surface area contributed by atoms with Gasteiger partial charge >= 0.3 is 18.1 Å². The number of nitrogens with zero attached hydrogens (tertiary/aromatic N) is 2. The Kier molecular flexibility index (Phi) is 4.97. The van der Waals surface area contributed by atoms with Crippen LogP contribution in [0, 0.1) is 29.2 Å². The molecule has 4 unspecified atom stereocenters. The van der Waals surface area contributed by atoms with Gasteiger partial charge < -0.3 is 14.2 Å². The fourth-order valence-corrected chi connectivity index (χ4v) is 7.82. The summed E-state index contributed by atoms with van der Waals surface area (Å²) >= 11 is 0. The number of hydrogen-bond acceptors (Lipinski definition) is 7. The molecule has 2 amide bonds. The Hall–Kier alpha value is -3.46. The Morgan fingerprint density at radius 3 is 2.27 bits per heavy atom. The molecule has 1 aromatic carbocycles. The second kappa shape index (κ2) is 7.43. The highest BCUT2D eigenvalue weighted by molar-refractivity contribution is 6.23. The van der Waals surface area contributed by atoms with Gasteiger partial charge in [-0.1, -0.05) is 19.9 Å². The van der Waals surface area contributed by atoms with Crippen LogP contribution in [0.1, 0.15) is 59.4 Å². The number of halogens is 3. The third-order valence-corrected chi connectivity index (χ3v) is 10.6. The van der Waals surface area contributed by atoms with Gasteiger partial charge in [-0.05, 0) is 45.7 Å². The summed E-state index contributed by atoms with van der Waals surface area (Å²) < 4.78 is 58.7. The number of ether oxygens (including phenoxy) is 3. The first-order valence-corrected chi connectivity index (χ1v) is 13.0. The molecule has 7 atom stereocenters. The van der Waals surface area contributed by atoms with Crippen molar-refractivity contribution in [1.29, 1.82) is 0 Å². The molecule has 4 bridgehead atoms. The van der Waals surface area contributed by atoms with Crippen LogP contribution in [0.2, 0.25) is 0 Å². The van der Waals surface area contributed by atoms with Crippen molar-refractivity contribution in [2.24, 2.45) is 22.7 Å². The van der Waals surface area contributed by atoms with Gasteiger partial charge in [0.2, 0.25) is 17.4 Å². The van der Waals surface area contributed by atoms with Crippen LogP contribution in [-0.2, 0) is 39.6 Å². The lowest BCUT2D eigenvalue weighted by molar-refractivity contribution is -0.194. The fraction of sp³-hybridized carbons (Fsp3) is 0.607. The zero-order chi connectivity index (χ0) is 29.4. The van der Waals surface area contributed by atoms with E-state index in [-0.39, 0.29) is 18.5 Å². The van der Waals surface area contributed by atoms with E-state index in [9.17, 15) is 32.3 Å². The van der Waals surface area contributed by atoms with Gasteiger partial charge in [-0.25, -0.2) is 14.5 Å². The molecule has 1 aromatic rings. The number of fused-ring (bicyclic) bond motifs is 7. The summed E-state index contributed by atoms with van der Waals surface area (Å²) in [6.45, 7) is 15.6. The average molecular weight is 561 g/mol. The van der Waals surface area contributed by atoms with Gasteiger partial charge in [0.25, 0.3) is 0 Å². The second-order valence-corrected chi connectivity index (χ2v) is 12.6. The Morgan fingerprint density at radius 2 is 1.73 bits per heavy atom. The molecule has 4 heterocycles. The first-order valence-electron chi connectivity index (χ1n) is 13.0. The standard InChI is InChI=1S/C28H27F3N2O7/c1-23(2)24(3)9-10-27(23,39-21(24)36)22(37)38-16-12-25(4)17-18(26(16,5)40-25)20(35)33(19(17)34)13-7-8-15(32-6)14(11-13)28(29,30)31/h7-8,11,16-18H,9-10,12H2,1-5H3/t16-,17+,18-,24?,25?,26?,27?/m0/s1. The van der Waals surface area contributed by atoms with Crippen LogP contribution in [0.5, 0.6) is 0 Å². The van der Waals surface area contributed by atoms with E-state index in [0.29, 0.717) is 17.4 Å². The number of benzene rings is 1. The predicted octanol–water partition coefficient (Wildman–Crippen LogP) is 4.35. The van der Waals surface area contributed by atoms with Gasteiger partial charge in [-0.3, -0.25) is 14.4 Å². The number of alkyl halides is 3. The molecule has 6 rings (SSSR count). The molecule has 40 heavy (non-hydrogen) atoms. The van der Waals surface area contributed by atoms with E-state index >= 15 is 0 Å². The summed E-state index contributed by atoms with van der Waals surface area (Å²) in [5, 5.41) is 0. The maximum atomic E-state index is 13.7. The summed E-state index contributed by atoms with van der Waals surface area (Å²) in [6.07, 6.45) is -5.06. The van der Waals surface area contributed by atoms with Gasteiger partial charge in [-0.15, -0.1) is 0 Å². The second-order valence-electron chi connectivity index (χ2n) is 12.6. The first-order chi connectivity index (χ1) is 18.4. The van der Waals surface area contributed by atoms with Crippen molar-refractivity contribution in [2.75, 3.05) is 4.90 Å². The quantitative estimate of drug-likeness (QED) is 0.308.